The average molecular weight is 226 g/mol. The minimum Gasteiger partial charge on any atom is -0.408 e. The third kappa shape index (κ3) is 2.77. The summed E-state index contributed by atoms with van der Waals surface area (Å²) >= 11 is 0. The Morgan fingerprint density at radius 2 is 2.50 bits per heavy atom. The summed E-state index contributed by atoms with van der Waals surface area (Å²) in [7, 11) is 0. The molecule has 1 aliphatic rings. The van der Waals surface area contributed by atoms with Crippen molar-refractivity contribution < 1.29 is 14.3 Å². The van der Waals surface area contributed by atoms with Crippen LogP contribution in [0.2, 0.25) is 0 Å². The van der Waals surface area contributed by atoms with Crippen molar-refractivity contribution in [3.8, 4) is 0 Å². The van der Waals surface area contributed by atoms with Crippen LogP contribution < -0.4 is 5.32 Å². The molecule has 2 heterocycles. The molecule has 2 rings (SSSR count). The SMILES string of the molecule is Cc1nnc(NC(=O)CN2CC[C@@H](O)C2)o1. The minimum absolute atomic E-state index is 0.113. The molecule has 0 aromatic carbocycles. The number of aryl methyl sites for hydroxylation is 1. The predicted octanol–water partition coefficient (Wildman–Crippen LogP) is -0.617. The molecular weight excluding hydrogens is 212 g/mol. The molecule has 1 aliphatic heterocycles. The molecule has 1 saturated heterocycles. The summed E-state index contributed by atoms with van der Waals surface area (Å²) in [6, 6.07) is 0.113. The van der Waals surface area contributed by atoms with Crippen LogP contribution in [-0.4, -0.2) is 51.8 Å². The predicted molar refractivity (Wildman–Crippen MR) is 54.7 cm³/mol. The van der Waals surface area contributed by atoms with E-state index in [9.17, 15) is 9.90 Å². The van der Waals surface area contributed by atoms with Crippen molar-refractivity contribution in [2.45, 2.75) is 19.4 Å². The van der Waals surface area contributed by atoms with Gasteiger partial charge in [-0.05, 0) is 6.42 Å². The zero-order valence-electron chi connectivity index (χ0n) is 9.01. The van der Waals surface area contributed by atoms with Crippen LogP contribution in [0.25, 0.3) is 0 Å². The normalized spacial score (nSPS) is 21.2. The minimum atomic E-state index is -0.321. The summed E-state index contributed by atoms with van der Waals surface area (Å²) in [5, 5.41) is 19.1. The highest BCUT2D eigenvalue weighted by molar-refractivity contribution is 5.90. The Hall–Kier alpha value is -1.47. The molecule has 0 unspecified atom stereocenters. The first-order valence-corrected chi connectivity index (χ1v) is 5.14. The third-order valence-electron chi connectivity index (χ3n) is 2.39. The third-order valence-corrected chi connectivity index (χ3v) is 2.39. The molecule has 2 N–H and O–H groups in total. The van der Waals surface area contributed by atoms with Gasteiger partial charge in [-0.2, -0.15) is 0 Å². The number of carbonyl (C=O) groups excluding carboxylic acids is 1. The van der Waals surface area contributed by atoms with E-state index in [1.54, 1.807) is 6.92 Å². The lowest BCUT2D eigenvalue weighted by molar-refractivity contribution is -0.117. The Kier molecular flexibility index (Phi) is 3.16. The number of hydrogen-bond donors (Lipinski definition) is 2. The molecule has 0 aliphatic carbocycles. The number of hydrogen-bond acceptors (Lipinski definition) is 6. The molecule has 0 bridgehead atoms. The number of amides is 1. The van der Waals surface area contributed by atoms with Gasteiger partial charge in [-0.3, -0.25) is 15.0 Å². The second-order valence-corrected chi connectivity index (χ2v) is 3.85. The van der Waals surface area contributed by atoms with Crippen molar-refractivity contribution in [3.63, 3.8) is 0 Å². The number of aliphatic hydroxyl groups is 1. The fourth-order valence-electron chi connectivity index (χ4n) is 1.66. The van der Waals surface area contributed by atoms with Crippen molar-refractivity contribution >= 4 is 11.9 Å². The molecule has 7 heteroatoms. The second-order valence-electron chi connectivity index (χ2n) is 3.85. The molecule has 1 fully saturated rings. The average Bonchev–Trinajstić information content (AvgIpc) is 2.76. The first kappa shape index (κ1) is 11.0. The van der Waals surface area contributed by atoms with E-state index < -0.39 is 0 Å². The van der Waals surface area contributed by atoms with Crippen LogP contribution >= 0.6 is 0 Å². The first-order chi connectivity index (χ1) is 7.63. The van der Waals surface area contributed by atoms with Crippen molar-refractivity contribution in [2.24, 2.45) is 0 Å². The van der Waals surface area contributed by atoms with Gasteiger partial charge in [-0.25, -0.2) is 0 Å². The molecule has 16 heavy (non-hydrogen) atoms. The lowest BCUT2D eigenvalue weighted by atomic mass is 10.3. The van der Waals surface area contributed by atoms with Crippen LogP contribution in [-0.2, 0) is 4.79 Å². The van der Waals surface area contributed by atoms with Crippen molar-refractivity contribution in [1.29, 1.82) is 0 Å². The Morgan fingerprint density at radius 3 is 3.06 bits per heavy atom. The topological polar surface area (TPSA) is 91.5 Å². The van der Waals surface area contributed by atoms with E-state index in [0.29, 0.717) is 18.9 Å². The highest BCUT2D eigenvalue weighted by Gasteiger charge is 2.22. The highest BCUT2D eigenvalue weighted by atomic mass is 16.4. The lowest BCUT2D eigenvalue weighted by Crippen LogP contribution is -2.32. The number of nitrogens with zero attached hydrogens (tertiary/aromatic N) is 3. The van der Waals surface area contributed by atoms with Crippen LogP contribution in [0.15, 0.2) is 4.42 Å². The molecule has 0 spiro atoms. The zero-order valence-corrected chi connectivity index (χ0v) is 9.01. The molecule has 1 atom stereocenters. The fourth-order valence-corrected chi connectivity index (χ4v) is 1.66. The molecule has 0 radical (unpaired) electrons. The monoisotopic (exact) mass is 226 g/mol. The Morgan fingerprint density at radius 1 is 1.69 bits per heavy atom. The smallest absolute Gasteiger partial charge is 0.322 e. The molecule has 88 valence electrons. The van der Waals surface area contributed by atoms with Gasteiger partial charge in [-0.15, -0.1) is 5.10 Å². The van der Waals surface area contributed by atoms with Gasteiger partial charge in [-0.1, -0.05) is 5.10 Å². The number of rotatable bonds is 3. The van der Waals surface area contributed by atoms with E-state index >= 15 is 0 Å². The number of nitrogens with one attached hydrogen (secondary N) is 1. The van der Waals surface area contributed by atoms with E-state index in [1.807, 2.05) is 4.90 Å². The first-order valence-electron chi connectivity index (χ1n) is 5.14. The molecule has 7 nitrogen and oxygen atoms in total. The summed E-state index contributed by atoms with van der Waals surface area (Å²) in [6.45, 7) is 3.16. The van der Waals surface area contributed by atoms with Crippen LogP contribution in [0.3, 0.4) is 0 Å². The summed E-state index contributed by atoms with van der Waals surface area (Å²) in [6.07, 6.45) is 0.394. The molecule has 1 amide bonds. The van der Waals surface area contributed by atoms with E-state index in [4.69, 9.17) is 4.42 Å². The number of carbonyl (C=O) groups is 1. The van der Waals surface area contributed by atoms with Crippen LogP contribution in [0.5, 0.6) is 0 Å². The zero-order chi connectivity index (χ0) is 11.5. The fraction of sp³-hybridized carbons (Fsp3) is 0.667. The molecule has 1 aromatic rings. The quantitative estimate of drug-likeness (QED) is 0.714. The van der Waals surface area contributed by atoms with E-state index in [0.717, 1.165) is 6.54 Å². The lowest BCUT2D eigenvalue weighted by Gasteiger charge is -2.12. The van der Waals surface area contributed by atoms with E-state index in [-0.39, 0.29) is 24.6 Å². The van der Waals surface area contributed by atoms with Crippen molar-refractivity contribution in [2.75, 3.05) is 25.0 Å². The summed E-state index contributed by atoms with van der Waals surface area (Å²) < 4.78 is 5.02. The largest absolute Gasteiger partial charge is 0.408 e. The van der Waals surface area contributed by atoms with Gasteiger partial charge in [0.05, 0.1) is 12.6 Å². The molecule has 1 aromatic heterocycles. The van der Waals surface area contributed by atoms with Gasteiger partial charge >= 0.3 is 6.01 Å². The van der Waals surface area contributed by atoms with Crippen LogP contribution in [0.1, 0.15) is 12.3 Å². The summed E-state index contributed by atoms with van der Waals surface area (Å²) in [5.41, 5.74) is 0. The van der Waals surface area contributed by atoms with Gasteiger partial charge in [0.2, 0.25) is 11.8 Å². The number of aromatic nitrogens is 2. The van der Waals surface area contributed by atoms with Gasteiger partial charge in [0.15, 0.2) is 0 Å². The number of anilines is 1. The Balaban J connectivity index is 1.80. The number of aliphatic hydroxyl groups excluding tert-OH is 1. The summed E-state index contributed by atoms with van der Waals surface area (Å²) in [5.74, 6) is 0.199. The van der Waals surface area contributed by atoms with Gasteiger partial charge in [0.1, 0.15) is 0 Å². The maximum absolute atomic E-state index is 11.5. The highest BCUT2D eigenvalue weighted by Crippen LogP contribution is 2.09. The van der Waals surface area contributed by atoms with Crippen LogP contribution in [0.4, 0.5) is 6.01 Å². The number of β-amino-alcohol motifs (C(OH)–C–C–N with tert-alkyl or cyclic N) is 1. The van der Waals surface area contributed by atoms with E-state index in [2.05, 4.69) is 15.5 Å². The van der Waals surface area contributed by atoms with Gasteiger partial charge in [0, 0.05) is 20.0 Å². The van der Waals surface area contributed by atoms with Crippen LogP contribution in [0, 0.1) is 6.92 Å². The Bertz CT molecular complexity index is 379. The number of likely N-dealkylation sites (tertiary alicyclic amines) is 1. The van der Waals surface area contributed by atoms with Crippen molar-refractivity contribution in [3.05, 3.63) is 5.89 Å². The van der Waals surface area contributed by atoms with Gasteiger partial charge < -0.3 is 9.52 Å². The van der Waals surface area contributed by atoms with Crippen molar-refractivity contribution in [1.82, 2.24) is 15.1 Å². The maximum Gasteiger partial charge on any atom is 0.322 e. The summed E-state index contributed by atoms with van der Waals surface area (Å²) in [4.78, 5) is 13.4. The van der Waals surface area contributed by atoms with E-state index in [1.165, 1.54) is 0 Å². The Labute approximate surface area is 92.4 Å². The van der Waals surface area contributed by atoms with Gasteiger partial charge in [0.25, 0.3) is 0 Å². The maximum atomic E-state index is 11.5. The second kappa shape index (κ2) is 4.58. The molecular formula is C9H14N4O3. The standard InChI is InChI=1S/C9H14N4O3/c1-6-11-12-9(16-6)10-8(15)5-13-3-2-7(14)4-13/h7,14H,2-5H2,1H3,(H,10,12,15)/t7-/m1/s1. The molecule has 0 saturated carbocycles.